The molecule has 0 aromatic heterocycles. The summed E-state index contributed by atoms with van der Waals surface area (Å²) < 4.78 is 17.5. The monoisotopic (exact) mass is 310 g/mol. The van der Waals surface area contributed by atoms with E-state index in [4.69, 9.17) is 19.2 Å². The van der Waals surface area contributed by atoms with E-state index in [0.717, 1.165) is 16.1 Å². The van der Waals surface area contributed by atoms with Crippen LogP contribution in [-0.4, -0.2) is 42.9 Å². The van der Waals surface area contributed by atoms with Crippen molar-refractivity contribution in [3.63, 3.8) is 0 Å². The number of hydrogen-bond acceptors (Lipinski definition) is 5. The van der Waals surface area contributed by atoms with Gasteiger partial charge in [-0.05, 0) is 45.3 Å². The molecule has 0 amide bonds. The maximum absolute atomic E-state index is 9.00. The van der Waals surface area contributed by atoms with Gasteiger partial charge in [0.05, 0.1) is 24.9 Å². The maximum Gasteiger partial charge on any atom is 0.494 e. The van der Waals surface area contributed by atoms with Crippen LogP contribution in [0.15, 0.2) is 23.1 Å². The number of aliphatic hydroxyl groups excluding tert-OH is 1. The van der Waals surface area contributed by atoms with Gasteiger partial charge in [-0.3, -0.25) is 0 Å². The van der Waals surface area contributed by atoms with Crippen LogP contribution >= 0.6 is 11.8 Å². The van der Waals surface area contributed by atoms with Gasteiger partial charge < -0.3 is 19.2 Å². The van der Waals surface area contributed by atoms with Crippen LogP contribution in [0.1, 0.15) is 27.7 Å². The molecule has 1 aromatic carbocycles. The second kappa shape index (κ2) is 6.20. The van der Waals surface area contributed by atoms with Crippen molar-refractivity contribution >= 4 is 24.3 Å². The molecule has 1 heterocycles. The molecule has 1 aromatic rings. The Balaban J connectivity index is 2.25. The summed E-state index contributed by atoms with van der Waals surface area (Å²) in [5, 5.41) is 9.00. The van der Waals surface area contributed by atoms with E-state index in [-0.39, 0.29) is 24.9 Å². The van der Waals surface area contributed by atoms with E-state index in [2.05, 4.69) is 0 Å². The van der Waals surface area contributed by atoms with Crippen molar-refractivity contribution in [2.75, 3.05) is 19.5 Å². The fourth-order valence-electron chi connectivity index (χ4n) is 2.09. The van der Waals surface area contributed by atoms with Gasteiger partial charge in [0.25, 0.3) is 0 Å². The predicted molar refractivity (Wildman–Crippen MR) is 86.5 cm³/mol. The molecule has 21 heavy (non-hydrogen) atoms. The highest BCUT2D eigenvalue weighted by Gasteiger charge is 2.51. The lowest BCUT2D eigenvalue weighted by Crippen LogP contribution is -2.41. The fraction of sp³-hybridized carbons (Fsp3) is 0.600. The van der Waals surface area contributed by atoms with E-state index >= 15 is 0 Å². The van der Waals surface area contributed by atoms with Gasteiger partial charge in [0.15, 0.2) is 0 Å². The third kappa shape index (κ3) is 3.39. The predicted octanol–water partition coefficient (Wildman–Crippen LogP) is 2.08. The van der Waals surface area contributed by atoms with Crippen LogP contribution < -0.4 is 10.2 Å². The van der Waals surface area contributed by atoms with Gasteiger partial charge in [0.2, 0.25) is 0 Å². The van der Waals surface area contributed by atoms with Crippen LogP contribution in [0.4, 0.5) is 0 Å². The number of methoxy groups -OCH3 is 1. The van der Waals surface area contributed by atoms with Crippen molar-refractivity contribution in [3.8, 4) is 5.75 Å². The highest BCUT2D eigenvalue weighted by Crippen LogP contribution is 2.37. The lowest BCUT2D eigenvalue weighted by Gasteiger charge is -2.32. The van der Waals surface area contributed by atoms with Crippen molar-refractivity contribution in [2.45, 2.75) is 43.8 Å². The van der Waals surface area contributed by atoms with Gasteiger partial charge >= 0.3 is 7.12 Å². The molecule has 0 atom stereocenters. The zero-order chi connectivity index (χ0) is 15.7. The van der Waals surface area contributed by atoms with E-state index in [1.54, 1.807) is 18.9 Å². The summed E-state index contributed by atoms with van der Waals surface area (Å²) in [6, 6.07) is 5.89. The molecule has 1 aliphatic heterocycles. The van der Waals surface area contributed by atoms with Crippen molar-refractivity contribution < 1.29 is 19.2 Å². The van der Waals surface area contributed by atoms with Gasteiger partial charge in [-0.1, -0.05) is 6.07 Å². The van der Waals surface area contributed by atoms with E-state index < -0.39 is 0 Å². The molecule has 0 bridgehead atoms. The summed E-state index contributed by atoms with van der Waals surface area (Å²) >= 11 is 1.56. The fourth-order valence-corrected chi connectivity index (χ4v) is 2.91. The van der Waals surface area contributed by atoms with E-state index in [9.17, 15) is 0 Å². The lowest BCUT2D eigenvalue weighted by atomic mass is 9.79. The summed E-state index contributed by atoms with van der Waals surface area (Å²) in [5.41, 5.74) is 0.265. The van der Waals surface area contributed by atoms with Gasteiger partial charge in [-0.15, -0.1) is 11.8 Å². The summed E-state index contributed by atoms with van der Waals surface area (Å²) in [5.74, 6) is 1.43. The summed E-state index contributed by atoms with van der Waals surface area (Å²) in [6.07, 6.45) is 0. The largest absolute Gasteiger partial charge is 0.496 e. The van der Waals surface area contributed by atoms with Gasteiger partial charge in [-0.2, -0.15) is 0 Å². The molecule has 1 fully saturated rings. The summed E-state index contributed by atoms with van der Waals surface area (Å²) in [6.45, 7) is 8.29. The first-order valence-electron chi connectivity index (χ1n) is 7.08. The summed E-state index contributed by atoms with van der Waals surface area (Å²) in [4.78, 5) is 0.985. The lowest BCUT2D eigenvalue weighted by molar-refractivity contribution is 0.00578. The zero-order valence-electron chi connectivity index (χ0n) is 13.3. The average molecular weight is 310 g/mol. The topological polar surface area (TPSA) is 47.9 Å². The SMILES string of the molecule is COc1ccc(B2OC(C)(C)C(C)(C)O2)cc1SCCO. The minimum Gasteiger partial charge on any atom is -0.496 e. The number of aliphatic hydroxyl groups is 1. The first-order chi connectivity index (χ1) is 9.80. The first kappa shape index (κ1) is 16.7. The third-order valence-electron chi connectivity index (χ3n) is 4.06. The molecule has 2 rings (SSSR count). The molecule has 6 heteroatoms. The Hall–Kier alpha value is -0.685. The molecule has 0 aliphatic carbocycles. The average Bonchev–Trinajstić information content (AvgIpc) is 2.65. The molecule has 4 nitrogen and oxygen atoms in total. The molecule has 0 radical (unpaired) electrons. The second-order valence-corrected chi connectivity index (χ2v) is 7.21. The molecular formula is C15H23BO4S. The molecule has 1 aliphatic rings. The zero-order valence-corrected chi connectivity index (χ0v) is 14.1. The van der Waals surface area contributed by atoms with Crippen molar-refractivity contribution in [2.24, 2.45) is 0 Å². The minimum atomic E-state index is -0.380. The third-order valence-corrected chi connectivity index (χ3v) is 5.08. The van der Waals surface area contributed by atoms with E-state index in [1.165, 1.54) is 0 Å². The molecule has 1 N–H and O–H groups in total. The molecule has 0 saturated carbocycles. The molecular weight excluding hydrogens is 287 g/mol. The number of hydrogen-bond donors (Lipinski definition) is 1. The summed E-state index contributed by atoms with van der Waals surface area (Å²) in [7, 11) is 1.27. The molecule has 1 saturated heterocycles. The van der Waals surface area contributed by atoms with Crippen molar-refractivity contribution in [1.29, 1.82) is 0 Å². The van der Waals surface area contributed by atoms with Crippen LogP contribution in [0, 0.1) is 0 Å². The van der Waals surface area contributed by atoms with Gasteiger partial charge in [0.1, 0.15) is 5.75 Å². The van der Waals surface area contributed by atoms with Crippen LogP contribution in [-0.2, 0) is 9.31 Å². The molecule has 0 spiro atoms. The number of rotatable bonds is 5. The Morgan fingerprint density at radius 3 is 2.33 bits per heavy atom. The molecule has 116 valence electrons. The Bertz CT molecular complexity index is 488. The normalized spacial score (nSPS) is 19.8. The van der Waals surface area contributed by atoms with E-state index in [0.29, 0.717) is 5.75 Å². The highest BCUT2D eigenvalue weighted by atomic mass is 32.2. The van der Waals surface area contributed by atoms with Crippen LogP contribution in [0.5, 0.6) is 5.75 Å². The number of benzene rings is 1. The van der Waals surface area contributed by atoms with Crippen LogP contribution in [0.25, 0.3) is 0 Å². The number of thioether (sulfide) groups is 1. The second-order valence-electron chi connectivity index (χ2n) is 6.07. The minimum absolute atomic E-state index is 0.133. The number of ether oxygens (including phenoxy) is 1. The molecule has 0 unspecified atom stereocenters. The maximum atomic E-state index is 9.00. The Morgan fingerprint density at radius 1 is 1.19 bits per heavy atom. The van der Waals surface area contributed by atoms with Crippen molar-refractivity contribution in [1.82, 2.24) is 0 Å². The highest BCUT2D eigenvalue weighted by molar-refractivity contribution is 7.99. The van der Waals surface area contributed by atoms with Gasteiger partial charge in [-0.25, -0.2) is 0 Å². The Labute approximate surface area is 131 Å². The van der Waals surface area contributed by atoms with Crippen molar-refractivity contribution in [3.05, 3.63) is 18.2 Å². The van der Waals surface area contributed by atoms with Crippen LogP contribution in [0.3, 0.4) is 0 Å². The smallest absolute Gasteiger partial charge is 0.494 e. The first-order valence-corrected chi connectivity index (χ1v) is 8.06. The van der Waals surface area contributed by atoms with Crippen LogP contribution in [0.2, 0.25) is 0 Å². The quantitative estimate of drug-likeness (QED) is 0.666. The Kier molecular flexibility index (Phi) is 4.93. The van der Waals surface area contributed by atoms with E-state index in [1.807, 2.05) is 45.9 Å². The van der Waals surface area contributed by atoms with Gasteiger partial charge in [0, 0.05) is 10.6 Å². The Morgan fingerprint density at radius 2 is 1.81 bits per heavy atom. The standard InChI is InChI=1S/C15H23BO4S/c1-14(2)15(3,4)20-16(19-14)11-6-7-12(18-5)13(10-11)21-9-8-17/h6-7,10,17H,8-9H2,1-5H3.